The van der Waals surface area contributed by atoms with E-state index in [9.17, 15) is 22.8 Å². The lowest BCUT2D eigenvalue weighted by atomic mass is 10.0. The second kappa shape index (κ2) is 13.0. The van der Waals surface area contributed by atoms with Gasteiger partial charge in [-0.1, -0.05) is 55.1 Å². The van der Waals surface area contributed by atoms with Crippen LogP contribution in [0.15, 0.2) is 103 Å². The first-order valence-corrected chi connectivity index (χ1v) is 12.8. The maximum absolute atomic E-state index is 13.5. The van der Waals surface area contributed by atoms with Crippen molar-refractivity contribution in [2.24, 2.45) is 5.73 Å². The fourth-order valence-electron chi connectivity index (χ4n) is 4.21. The van der Waals surface area contributed by atoms with Gasteiger partial charge in [-0.15, -0.1) is 0 Å². The van der Waals surface area contributed by atoms with E-state index < -0.39 is 11.7 Å². The van der Waals surface area contributed by atoms with Crippen molar-refractivity contribution in [3.63, 3.8) is 0 Å². The monoisotopic (exact) mass is 558 g/mol. The van der Waals surface area contributed by atoms with Crippen LogP contribution in [-0.2, 0) is 19.1 Å². The number of anilines is 4. The fourth-order valence-corrected chi connectivity index (χ4v) is 4.21. The Morgan fingerprint density at radius 1 is 0.756 bits per heavy atom. The van der Waals surface area contributed by atoms with Gasteiger partial charge >= 0.3 is 6.18 Å². The van der Waals surface area contributed by atoms with Crippen LogP contribution < -0.4 is 21.7 Å². The minimum absolute atomic E-state index is 0.0785. The Balaban J connectivity index is 1.53. The number of hydrogen-bond donors (Lipinski definition) is 4. The Morgan fingerprint density at radius 2 is 1.39 bits per heavy atom. The molecule has 1 atom stereocenters. The van der Waals surface area contributed by atoms with Crippen molar-refractivity contribution in [2.75, 3.05) is 10.6 Å². The molecule has 41 heavy (non-hydrogen) atoms. The molecular formula is C32H29F3N4O2. The Kier molecular flexibility index (Phi) is 9.21. The summed E-state index contributed by atoms with van der Waals surface area (Å²) in [4.78, 5) is 23.4. The van der Waals surface area contributed by atoms with Crippen LogP contribution in [-0.4, -0.2) is 18.6 Å². The maximum atomic E-state index is 13.5. The van der Waals surface area contributed by atoms with Crippen molar-refractivity contribution in [1.29, 1.82) is 0 Å². The Hall–Kier alpha value is -4.89. The summed E-state index contributed by atoms with van der Waals surface area (Å²) in [6.45, 7) is 4.38. The summed E-state index contributed by atoms with van der Waals surface area (Å²) in [6.07, 6.45) is -2.69. The molecular weight excluding hydrogens is 529 g/mol. The smallest absolute Gasteiger partial charge is 0.383 e. The van der Waals surface area contributed by atoms with E-state index in [1.54, 1.807) is 42.5 Å². The van der Waals surface area contributed by atoms with Crippen LogP contribution in [0.4, 0.5) is 35.9 Å². The second-order valence-corrected chi connectivity index (χ2v) is 9.43. The molecule has 0 heterocycles. The van der Waals surface area contributed by atoms with Crippen molar-refractivity contribution in [1.82, 2.24) is 5.32 Å². The van der Waals surface area contributed by atoms with Gasteiger partial charge in [0.2, 0.25) is 0 Å². The normalized spacial score (nSPS) is 11.8. The van der Waals surface area contributed by atoms with Crippen molar-refractivity contribution in [2.45, 2.75) is 25.2 Å². The van der Waals surface area contributed by atoms with E-state index in [1.807, 2.05) is 30.3 Å². The summed E-state index contributed by atoms with van der Waals surface area (Å²) >= 11 is 0. The van der Waals surface area contributed by atoms with Gasteiger partial charge in [0.15, 0.2) is 12.6 Å². The molecule has 0 bridgehead atoms. The molecule has 9 heteroatoms. The molecule has 0 aliphatic heterocycles. The first kappa shape index (κ1) is 29.1. The van der Waals surface area contributed by atoms with Crippen LogP contribution in [0, 0.1) is 0 Å². The first-order chi connectivity index (χ1) is 19.7. The van der Waals surface area contributed by atoms with Crippen molar-refractivity contribution in [3.05, 3.63) is 131 Å². The Labute approximate surface area is 236 Å². The van der Waals surface area contributed by atoms with E-state index in [0.29, 0.717) is 53.9 Å². The highest BCUT2D eigenvalue weighted by Crippen LogP contribution is 2.37. The number of alkyl halides is 3. The minimum atomic E-state index is -4.58. The fraction of sp³-hybridized carbons (Fsp3) is 0.125. The second-order valence-electron chi connectivity index (χ2n) is 9.43. The average molecular weight is 559 g/mol. The zero-order valence-corrected chi connectivity index (χ0v) is 22.0. The molecule has 210 valence electrons. The molecule has 0 aliphatic carbocycles. The van der Waals surface area contributed by atoms with E-state index in [4.69, 9.17) is 5.73 Å². The molecule has 0 fully saturated rings. The van der Waals surface area contributed by atoms with Gasteiger partial charge < -0.3 is 21.7 Å². The van der Waals surface area contributed by atoms with Crippen LogP contribution in [0.25, 0.3) is 0 Å². The summed E-state index contributed by atoms with van der Waals surface area (Å²) in [5, 5.41) is 9.17. The number of para-hydroxylation sites is 1. The number of nitrogens with one attached hydrogen (secondary N) is 3. The van der Waals surface area contributed by atoms with Crippen molar-refractivity contribution < 1.29 is 22.8 Å². The first-order valence-electron chi connectivity index (χ1n) is 12.8. The number of aldehydes is 2. The number of rotatable bonds is 12. The molecule has 4 aromatic carbocycles. The average Bonchev–Trinajstić information content (AvgIpc) is 2.97. The van der Waals surface area contributed by atoms with Crippen LogP contribution in [0.5, 0.6) is 0 Å². The van der Waals surface area contributed by atoms with Crippen LogP contribution >= 0.6 is 0 Å². The lowest BCUT2D eigenvalue weighted by molar-refractivity contribution is -0.137. The lowest BCUT2D eigenvalue weighted by Gasteiger charge is -2.19. The van der Waals surface area contributed by atoms with E-state index in [2.05, 4.69) is 22.5 Å². The van der Waals surface area contributed by atoms with Gasteiger partial charge in [0.1, 0.15) is 0 Å². The summed E-state index contributed by atoms with van der Waals surface area (Å²) < 4.78 is 40.6. The number of hydrogen-bond acceptors (Lipinski definition) is 6. The molecule has 5 N–H and O–H groups in total. The van der Waals surface area contributed by atoms with Crippen LogP contribution in [0.1, 0.15) is 37.4 Å². The van der Waals surface area contributed by atoms with Crippen LogP contribution in [0.2, 0.25) is 0 Å². The van der Waals surface area contributed by atoms with Gasteiger partial charge in [0.25, 0.3) is 0 Å². The SMILES string of the molecule is C=C(NCc1ccc(Nc2cc(C(F)(F)F)ccc2Nc2ccccc2C=O)c(C=O)c1)C(N)Cc1ccccc1. The predicted molar refractivity (Wildman–Crippen MR) is 156 cm³/mol. The van der Waals surface area contributed by atoms with Crippen LogP contribution in [0.3, 0.4) is 0 Å². The Morgan fingerprint density at radius 3 is 2.10 bits per heavy atom. The molecule has 1 unspecified atom stereocenters. The van der Waals surface area contributed by atoms with Gasteiger partial charge in [0.05, 0.1) is 16.9 Å². The molecule has 4 rings (SSSR count). The highest BCUT2D eigenvalue weighted by atomic mass is 19.4. The number of carbonyl (C=O) groups is 2. The molecule has 6 nitrogen and oxygen atoms in total. The van der Waals surface area contributed by atoms with Crippen molar-refractivity contribution >= 4 is 35.3 Å². The minimum Gasteiger partial charge on any atom is -0.383 e. The Bertz CT molecular complexity index is 1540. The zero-order valence-electron chi connectivity index (χ0n) is 22.0. The summed E-state index contributed by atoms with van der Waals surface area (Å²) in [6, 6.07) is 24.3. The van der Waals surface area contributed by atoms with E-state index in [0.717, 1.165) is 23.3 Å². The van der Waals surface area contributed by atoms with Crippen molar-refractivity contribution in [3.8, 4) is 0 Å². The molecule has 0 radical (unpaired) electrons. The molecule has 0 aliphatic rings. The molecule has 0 saturated heterocycles. The van der Waals surface area contributed by atoms with E-state index >= 15 is 0 Å². The quantitative estimate of drug-likeness (QED) is 0.140. The highest BCUT2D eigenvalue weighted by Gasteiger charge is 2.31. The molecule has 4 aromatic rings. The topological polar surface area (TPSA) is 96.2 Å². The maximum Gasteiger partial charge on any atom is 0.416 e. The van der Waals surface area contributed by atoms with Gasteiger partial charge in [0, 0.05) is 40.8 Å². The summed E-state index contributed by atoms with van der Waals surface area (Å²) in [7, 11) is 0. The molecule has 0 spiro atoms. The molecule has 0 aromatic heterocycles. The van der Waals surface area contributed by atoms with Gasteiger partial charge in [-0.3, -0.25) is 9.59 Å². The predicted octanol–water partition coefficient (Wildman–Crippen LogP) is 6.99. The number of halogens is 3. The number of nitrogens with two attached hydrogens (primary N) is 1. The summed E-state index contributed by atoms with van der Waals surface area (Å²) in [5.41, 5.74) is 9.59. The summed E-state index contributed by atoms with van der Waals surface area (Å²) in [5.74, 6) is 0. The van der Waals surface area contributed by atoms with Gasteiger partial charge in [-0.05, 0) is 60.0 Å². The third kappa shape index (κ3) is 7.61. The van der Waals surface area contributed by atoms with E-state index in [1.165, 1.54) is 6.07 Å². The third-order valence-corrected chi connectivity index (χ3v) is 6.48. The zero-order chi connectivity index (χ0) is 29.4. The number of carbonyl (C=O) groups excluding carboxylic acids is 2. The largest absolute Gasteiger partial charge is 0.416 e. The molecule has 0 amide bonds. The molecule has 0 saturated carbocycles. The van der Waals surface area contributed by atoms with Gasteiger partial charge in [-0.25, -0.2) is 0 Å². The lowest BCUT2D eigenvalue weighted by Crippen LogP contribution is -2.32. The van der Waals surface area contributed by atoms with E-state index in [-0.39, 0.29) is 17.3 Å². The highest BCUT2D eigenvalue weighted by molar-refractivity contribution is 5.91. The standard InChI is InChI=1S/C32H29F3N4O2/c1-21(27(36)16-22-7-3-2-4-8-22)37-18-23-11-13-29(25(15-23)20-41)39-31-17-26(32(33,34)35)12-14-30(31)38-28-10-6-5-9-24(28)19-40/h2-15,17,19-20,27,37-39H,1,16,18,36H2. The van der Waals surface area contributed by atoms with Gasteiger partial charge in [-0.2, -0.15) is 13.2 Å². The third-order valence-electron chi connectivity index (χ3n) is 6.48. The number of benzene rings is 4.